The van der Waals surface area contributed by atoms with Gasteiger partial charge in [-0.2, -0.15) is 0 Å². The summed E-state index contributed by atoms with van der Waals surface area (Å²) >= 11 is 0. The summed E-state index contributed by atoms with van der Waals surface area (Å²) in [7, 11) is 0. The summed E-state index contributed by atoms with van der Waals surface area (Å²) in [5, 5.41) is 9.92. The van der Waals surface area contributed by atoms with Gasteiger partial charge in [0, 0.05) is 12.5 Å². The van der Waals surface area contributed by atoms with Crippen LogP contribution in [0.15, 0.2) is 48.5 Å². The number of aliphatic hydroxyl groups excluding tert-OH is 1. The van der Waals surface area contributed by atoms with Crippen molar-refractivity contribution in [3.05, 3.63) is 71.3 Å². The fraction of sp³-hybridized carbons (Fsp3) is 0.368. The molecule has 22 heavy (non-hydrogen) atoms. The highest BCUT2D eigenvalue weighted by Gasteiger charge is 2.33. The third-order valence-electron chi connectivity index (χ3n) is 4.17. The Labute approximate surface area is 130 Å². The van der Waals surface area contributed by atoms with Crippen molar-refractivity contribution in [2.75, 3.05) is 6.61 Å². The van der Waals surface area contributed by atoms with E-state index in [0.29, 0.717) is 0 Å². The Morgan fingerprint density at radius 1 is 0.818 bits per heavy atom. The molecule has 3 heteroatoms. The Bertz CT molecular complexity index is 551. The SMILES string of the molecule is CC(C)(C)C(CO)C(c1ccc(F)cc1)c1ccc(F)cc1. The van der Waals surface area contributed by atoms with Crippen LogP contribution in [0, 0.1) is 23.0 Å². The molecule has 0 radical (unpaired) electrons. The van der Waals surface area contributed by atoms with Crippen molar-refractivity contribution in [2.45, 2.75) is 26.7 Å². The van der Waals surface area contributed by atoms with Gasteiger partial charge >= 0.3 is 0 Å². The molecule has 2 aromatic carbocycles. The number of benzene rings is 2. The third-order valence-corrected chi connectivity index (χ3v) is 4.17. The fourth-order valence-corrected chi connectivity index (χ4v) is 2.88. The second-order valence-corrected chi connectivity index (χ2v) is 6.74. The number of halogens is 2. The summed E-state index contributed by atoms with van der Waals surface area (Å²) in [5.74, 6) is -0.773. The van der Waals surface area contributed by atoms with Gasteiger partial charge in [0.25, 0.3) is 0 Å². The van der Waals surface area contributed by atoms with Gasteiger partial charge in [-0.05, 0) is 46.7 Å². The molecule has 0 bridgehead atoms. The molecule has 1 atom stereocenters. The number of hydrogen-bond donors (Lipinski definition) is 1. The zero-order valence-electron chi connectivity index (χ0n) is 13.2. The van der Waals surface area contributed by atoms with E-state index in [1.54, 1.807) is 24.3 Å². The van der Waals surface area contributed by atoms with Crippen molar-refractivity contribution in [1.82, 2.24) is 0 Å². The molecule has 0 amide bonds. The molecule has 0 saturated heterocycles. The van der Waals surface area contributed by atoms with Crippen LogP contribution in [0.5, 0.6) is 0 Å². The molecule has 1 unspecified atom stereocenters. The van der Waals surface area contributed by atoms with Gasteiger partial charge in [0.2, 0.25) is 0 Å². The quantitative estimate of drug-likeness (QED) is 0.864. The fourth-order valence-electron chi connectivity index (χ4n) is 2.88. The standard InChI is InChI=1S/C19H22F2O/c1-19(2,3)17(12-22)18(13-4-8-15(20)9-5-13)14-6-10-16(21)11-7-14/h4-11,17-18,22H,12H2,1-3H3. The van der Waals surface area contributed by atoms with E-state index in [2.05, 4.69) is 20.8 Å². The zero-order chi connectivity index (χ0) is 16.3. The molecule has 1 nitrogen and oxygen atoms in total. The third kappa shape index (κ3) is 3.72. The first-order valence-electron chi connectivity index (χ1n) is 7.44. The molecular weight excluding hydrogens is 282 g/mol. The Morgan fingerprint density at radius 2 is 1.18 bits per heavy atom. The van der Waals surface area contributed by atoms with E-state index in [1.165, 1.54) is 24.3 Å². The average molecular weight is 304 g/mol. The molecule has 0 fully saturated rings. The first-order chi connectivity index (χ1) is 10.3. The Balaban J connectivity index is 2.53. The number of aliphatic hydroxyl groups is 1. The summed E-state index contributed by atoms with van der Waals surface area (Å²) in [4.78, 5) is 0. The largest absolute Gasteiger partial charge is 0.396 e. The van der Waals surface area contributed by atoms with Crippen LogP contribution in [0.4, 0.5) is 8.78 Å². The van der Waals surface area contributed by atoms with Gasteiger partial charge < -0.3 is 5.11 Å². The molecule has 118 valence electrons. The molecule has 0 saturated carbocycles. The molecule has 1 N–H and O–H groups in total. The van der Waals surface area contributed by atoms with E-state index in [1.807, 2.05) is 0 Å². The van der Waals surface area contributed by atoms with Crippen molar-refractivity contribution in [1.29, 1.82) is 0 Å². The Hall–Kier alpha value is -1.74. The van der Waals surface area contributed by atoms with E-state index in [-0.39, 0.29) is 35.5 Å². The average Bonchev–Trinajstić information content (AvgIpc) is 2.46. The number of rotatable bonds is 4. The van der Waals surface area contributed by atoms with Gasteiger partial charge in [0.05, 0.1) is 0 Å². The Kier molecular flexibility index (Phi) is 4.97. The minimum absolute atomic E-state index is 0.00290. The molecule has 0 heterocycles. The highest BCUT2D eigenvalue weighted by Crippen LogP contribution is 2.41. The van der Waals surface area contributed by atoms with Gasteiger partial charge in [-0.15, -0.1) is 0 Å². The van der Waals surface area contributed by atoms with Crippen LogP contribution in [0.1, 0.15) is 37.8 Å². The van der Waals surface area contributed by atoms with Crippen LogP contribution in [0.2, 0.25) is 0 Å². The van der Waals surface area contributed by atoms with E-state index in [4.69, 9.17) is 0 Å². The van der Waals surface area contributed by atoms with Gasteiger partial charge in [0.15, 0.2) is 0 Å². The van der Waals surface area contributed by atoms with Crippen LogP contribution in [0.25, 0.3) is 0 Å². The molecule has 0 spiro atoms. The van der Waals surface area contributed by atoms with Crippen LogP contribution >= 0.6 is 0 Å². The monoisotopic (exact) mass is 304 g/mol. The van der Waals surface area contributed by atoms with E-state index in [9.17, 15) is 13.9 Å². The zero-order valence-corrected chi connectivity index (χ0v) is 13.2. The van der Waals surface area contributed by atoms with Crippen LogP contribution in [0.3, 0.4) is 0 Å². The summed E-state index contributed by atoms with van der Waals surface area (Å²) < 4.78 is 26.4. The molecule has 0 aliphatic rings. The summed E-state index contributed by atoms with van der Waals surface area (Å²) in [6, 6.07) is 12.6. The van der Waals surface area contributed by atoms with E-state index >= 15 is 0 Å². The smallest absolute Gasteiger partial charge is 0.123 e. The highest BCUT2D eigenvalue weighted by atomic mass is 19.1. The van der Waals surface area contributed by atoms with Crippen LogP contribution < -0.4 is 0 Å². The first kappa shape index (κ1) is 16.6. The summed E-state index contributed by atoms with van der Waals surface area (Å²) in [5.41, 5.74) is 1.69. The minimum atomic E-state index is -0.294. The first-order valence-corrected chi connectivity index (χ1v) is 7.44. The Morgan fingerprint density at radius 3 is 1.45 bits per heavy atom. The lowest BCUT2D eigenvalue weighted by atomic mass is 9.69. The summed E-state index contributed by atoms with van der Waals surface area (Å²) in [6.45, 7) is 6.19. The van der Waals surface area contributed by atoms with Gasteiger partial charge in [-0.25, -0.2) is 8.78 Å². The van der Waals surface area contributed by atoms with Crippen molar-refractivity contribution in [3.63, 3.8) is 0 Å². The normalized spacial score (nSPS) is 13.4. The van der Waals surface area contributed by atoms with Crippen molar-refractivity contribution in [2.24, 2.45) is 11.3 Å². The lowest BCUT2D eigenvalue weighted by Gasteiger charge is -2.36. The topological polar surface area (TPSA) is 20.2 Å². The maximum absolute atomic E-state index is 13.2. The molecule has 0 aliphatic carbocycles. The van der Waals surface area contributed by atoms with Gasteiger partial charge in [0.1, 0.15) is 11.6 Å². The lowest BCUT2D eigenvalue weighted by molar-refractivity contribution is 0.117. The molecule has 2 rings (SSSR count). The predicted octanol–water partition coefficient (Wildman–Crippen LogP) is 4.75. The maximum atomic E-state index is 13.2. The van der Waals surface area contributed by atoms with Crippen molar-refractivity contribution in [3.8, 4) is 0 Å². The second-order valence-electron chi connectivity index (χ2n) is 6.74. The van der Waals surface area contributed by atoms with E-state index < -0.39 is 0 Å². The van der Waals surface area contributed by atoms with Crippen LogP contribution in [-0.4, -0.2) is 11.7 Å². The molecular formula is C19H22F2O. The maximum Gasteiger partial charge on any atom is 0.123 e. The van der Waals surface area contributed by atoms with Crippen molar-refractivity contribution >= 4 is 0 Å². The van der Waals surface area contributed by atoms with Crippen LogP contribution in [-0.2, 0) is 0 Å². The summed E-state index contributed by atoms with van der Waals surface area (Å²) in [6.07, 6.45) is 0. The minimum Gasteiger partial charge on any atom is -0.396 e. The number of hydrogen-bond acceptors (Lipinski definition) is 1. The highest BCUT2D eigenvalue weighted by molar-refractivity contribution is 5.34. The molecule has 2 aromatic rings. The van der Waals surface area contributed by atoms with Gasteiger partial charge in [-0.1, -0.05) is 45.0 Å². The lowest BCUT2D eigenvalue weighted by Crippen LogP contribution is -2.30. The predicted molar refractivity (Wildman–Crippen MR) is 84.7 cm³/mol. The van der Waals surface area contributed by atoms with E-state index in [0.717, 1.165) is 11.1 Å². The molecule has 0 aromatic heterocycles. The second kappa shape index (κ2) is 6.57. The molecule has 0 aliphatic heterocycles. The van der Waals surface area contributed by atoms with Crippen molar-refractivity contribution < 1.29 is 13.9 Å². The van der Waals surface area contributed by atoms with Gasteiger partial charge in [-0.3, -0.25) is 0 Å².